The number of aliphatic imine (C=N–C) groups is 1. The molecule has 1 aliphatic carbocycles. The van der Waals surface area contributed by atoms with Crippen molar-refractivity contribution in [2.45, 2.75) is 70.1 Å². The summed E-state index contributed by atoms with van der Waals surface area (Å²) in [7, 11) is 0. The van der Waals surface area contributed by atoms with E-state index in [1.807, 2.05) is 6.21 Å². The molecule has 1 saturated carbocycles. The topological polar surface area (TPSA) is 79.5 Å². The van der Waals surface area contributed by atoms with Gasteiger partial charge in [0.05, 0.1) is 11.2 Å². The number of carbonyl (C=O) groups is 1. The highest BCUT2D eigenvalue weighted by molar-refractivity contribution is 7.16. The van der Waals surface area contributed by atoms with Gasteiger partial charge in [-0.25, -0.2) is 0 Å². The minimum absolute atomic E-state index is 0.0342. The van der Waals surface area contributed by atoms with Crippen molar-refractivity contribution in [2.24, 2.45) is 10.7 Å². The zero-order valence-electron chi connectivity index (χ0n) is 15.1. The fourth-order valence-electron chi connectivity index (χ4n) is 4.03. The van der Waals surface area contributed by atoms with Crippen LogP contribution in [0.5, 0.6) is 0 Å². The summed E-state index contributed by atoms with van der Waals surface area (Å²) in [5.41, 5.74) is 9.00. The van der Waals surface area contributed by atoms with E-state index in [9.17, 15) is 4.79 Å². The molecule has 1 spiro atoms. The van der Waals surface area contributed by atoms with Crippen LogP contribution in [-0.2, 0) is 0 Å². The van der Waals surface area contributed by atoms with Gasteiger partial charge in [-0.05, 0) is 57.6 Å². The third-order valence-electron chi connectivity index (χ3n) is 6.19. The molecule has 4 rings (SSSR count). The molecule has 3 heterocycles. The molecule has 1 fully saturated rings. The Bertz CT molecular complexity index is 785. The van der Waals surface area contributed by atoms with Crippen LogP contribution in [0.25, 0.3) is 5.57 Å². The standard InChI is InChI=1S/C19H26N4OS/c1-4-18(3)11(2)13(10-21-18)15-9-14-16(25-15)17(24)23-19(22-14)7-5-12(20)6-8-19/h9-10,12,22H,4-8,20H2,1-3H3,(H,23,24). The molecule has 0 radical (unpaired) electrons. The number of carbonyl (C=O) groups excluding carboxylic acids is 1. The molecule has 4 N–H and O–H groups in total. The summed E-state index contributed by atoms with van der Waals surface area (Å²) in [4.78, 5) is 19.3. The molecule has 6 heteroatoms. The van der Waals surface area contributed by atoms with E-state index in [-0.39, 0.29) is 23.2 Å². The number of amides is 1. The van der Waals surface area contributed by atoms with Gasteiger partial charge in [0.1, 0.15) is 10.5 Å². The molecule has 1 aromatic heterocycles. The number of rotatable bonds is 2. The summed E-state index contributed by atoms with van der Waals surface area (Å²) in [6, 6.07) is 2.37. The van der Waals surface area contributed by atoms with Crippen molar-refractivity contribution in [1.82, 2.24) is 5.32 Å². The Morgan fingerprint density at radius 3 is 2.72 bits per heavy atom. The Morgan fingerprint density at radius 1 is 1.36 bits per heavy atom. The zero-order valence-corrected chi connectivity index (χ0v) is 15.9. The molecule has 3 aliphatic rings. The number of fused-ring (bicyclic) bond motifs is 1. The Balaban J connectivity index is 1.67. The van der Waals surface area contributed by atoms with E-state index in [4.69, 9.17) is 10.7 Å². The first-order valence-corrected chi connectivity index (χ1v) is 9.94. The van der Waals surface area contributed by atoms with Crippen LogP contribution in [0.4, 0.5) is 5.69 Å². The first-order valence-electron chi connectivity index (χ1n) is 9.13. The zero-order chi connectivity index (χ0) is 17.8. The summed E-state index contributed by atoms with van der Waals surface area (Å²) >= 11 is 1.56. The summed E-state index contributed by atoms with van der Waals surface area (Å²) < 4.78 is 0. The van der Waals surface area contributed by atoms with Crippen LogP contribution in [0.3, 0.4) is 0 Å². The van der Waals surface area contributed by atoms with E-state index in [1.165, 1.54) is 5.57 Å². The fourth-order valence-corrected chi connectivity index (χ4v) is 5.10. The van der Waals surface area contributed by atoms with Crippen LogP contribution in [0.2, 0.25) is 0 Å². The molecule has 1 amide bonds. The number of thiophene rings is 1. The molecular formula is C19H26N4OS. The molecule has 25 heavy (non-hydrogen) atoms. The molecule has 1 aromatic rings. The lowest BCUT2D eigenvalue weighted by molar-refractivity contribution is 0.0876. The maximum absolute atomic E-state index is 12.7. The monoisotopic (exact) mass is 358 g/mol. The minimum Gasteiger partial charge on any atom is -0.361 e. The Morgan fingerprint density at radius 2 is 2.08 bits per heavy atom. The van der Waals surface area contributed by atoms with Crippen LogP contribution in [0, 0.1) is 0 Å². The second kappa shape index (κ2) is 5.68. The molecule has 1 unspecified atom stereocenters. The predicted molar refractivity (Wildman–Crippen MR) is 104 cm³/mol. The maximum Gasteiger partial charge on any atom is 0.265 e. The molecule has 0 aromatic carbocycles. The number of nitrogens with two attached hydrogens (primary N) is 1. The lowest BCUT2D eigenvalue weighted by atomic mass is 9.84. The van der Waals surface area contributed by atoms with E-state index in [2.05, 4.69) is 37.5 Å². The second-order valence-electron chi connectivity index (χ2n) is 7.78. The van der Waals surface area contributed by atoms with Gasteiger partial charge in [-0.2, -0.15) is 0 Å². The predicted octanol–water partition coefficient (Wildman–Crippen LogP) is 3.53. The van der Waals surface area contributed by atoms with E-state index >= 15 is 0 Å². The minimum atomic E-state index is -0.330. The largest absolute Gasteiger partial charge is 0.361 e. The second-order valence-corrected chi connectivity index (χ2v) is 8.83. The third kappa shape index (κ3) is 2.62. The summed E-state index contributed by atoms with van der Waals surface area (Å²) in [5.74, 6) is 0.0342. The van der Waals surface area contributed by atoms with Crippen molar-refractivity contribution < 1.29 is 4.79 Å². The maximum atomic E-state index is 12.7. The molecule has 134 valence electrons. The average Bonchev–Trinajstić information content (AvgIpc) is 3.13. The van der Waals surface area contributed by atoms with Gasteiger partial charge in [0.25, 0.3) is 5.91 Å². The quantitative estimate of drug-likeness (QED) is 0.757. The Hall–Kier alpha value is -1.66. The van der Waals surface area contributed by atoms with Crippen molar-refractivity contribution in [1.29, 1.82) is 0 Å². The number of nitrogens with one attached hydrogen (secondary N) is 2. The number of hydrogen-bond acceptors (Lipinski definition) is 5. The number of anilines is 1. The highest BCUT2D eigenvalue weighted by atomic mass is 32.1. The van der Waals surface area contributed by atoms with Crippen LogP contribution >= 0.6 is 11.3 Å². The summed E-state index contributed by atoms with van der Waals surface area (Å²) in [5, 5.41) is 6.82. The van der Waals surface area contributed by atoms with Crippen LogP contribution in [-0.4, -0.2) is 29.4 Å². The van der Waals surface area contributed by atoms with Gasteiger partial charge in [0.2, 0.25) is 0 Å². The van der Waals surface area contributed by atoms with E-state index in [0.29, 0.717) is 0 Å². The van der Waals surface area contributed by atoms with Crippen LogP contribution in [0.1, 0.15) is 67.4 Å². The van der Waals surface area contributed by atoms with Crippen molar-refractivity contribution in [2.75, 3.05) is 5.32 Å². The van der Waals surface area contributed by atoms with Crippen molar-refractivity contribution >= 4 is 34.7 Å². The van der Waals surface area contributed by atoms with Gasteiger partial charge in [-0.3, -0.25) is 9.79 Å². The number of hydrogen-bond donors (Lipinski definition) is 3. The Labute approximate surface area is 152 Å². The lowest BCUT2D eigenvalue weighted by Crippen LogP contribution is -2.59. The first kappa shape index (κ1) is 16.8. The average molecular weight is 359 g/mol. The number of allylic oxidation sites excluding steroid dienone is 1. The van der Waals surface area contributed by atoms with Gasteiger partial charge in [-0.1, -0.05) is 6.92 Å². The first-order chi connectivity index (χ1) is 11.9. The van der Waals surface area contributed by atoms with E-state index in [1.54, 1.807) is 11.3 Å². The van der Waals surface area contributed by atoms with Gasteiger partial charge in [-0.15, -0.1) is 11.3 Å². The SMILES string of the molecule is CCC1(C)N=CC(c2cc3c(s2)C(=O)NC2(CCC(N)CC2)N3)=C1C. The molecule has 5 nitrogen and oxygen atoms in total. The molecule has 2 aliphatic heterocycles. The van der Waals surface area contributed by atoms with Crippen LogP contribution < -0.4 is 16.4 Å². The van der Waals surface area contributed by atoms with Crippen molar-refractivity contribution in [3.8, 4) is 0 Å². The van der Waals surface area contributed by atoms with Gasteiger partial charge in [0, 0.05) is 22.7 Å². The highest BCUT2D eigenvalue weighted by Gasteiger charge is 2.41. The van der Waals surface area contributed by atoms with Crippen LogP contribution in [0.15, 0.2) is 16.6 Å². The normalized spacial score (nSPS) is 34.2. The van der Waals surface area contributed by atoms with Gasteiger partial charge >= 0.3 is 0 Å². The lowest BCUT2D eigenvalue weighted by Gasteiger charge is -2.43. The molecule has 0 bridgehead atoms. The summed E-state index contributed by atoms with van der Waals surface area (Å²) in [6.45, 7) is 6.49. The highest BCUT2D eigenvalue weighted by Crippen LogP contribution is 2.43. The van der Waals surface area contributed by atoms with Crippen molar-refractivity contribution in [3.63, 3.8) is 0 Å². The smallest absolute Gasteiger partial charge is 0.265 e. The van der Waals surface area contributed by atoms with E-state index < -0.39 is 0 Å². The number of nitrogens with zero attached hydrogens (tertiary/aromatic N) is 1. The molecule has 0 saturated heterocycles. The van der Waals surface area contributed by atoms with Gasteiger partial charge in [0.15, 0.2) is 0 Å². The molecule has 1 atom stereocenters. The summed E-state index contributed by atoms with van der Waals surface area (Å²) in [6.07, 6.45) is 6.58. The van der Waals surface area contributed by atoms with Gasteiger partial charge < -0.3 is 16.4 Å². The third-order valence-corrected chi connectivity index (χ3v) is 7.36. The van der Waals surface area contributed by atoms with E-state index in [0.717, 1.165) is 53.1 Å². The Kier molecular flexibility index (Phi) is 3.81. The fraction of sp³-hybridized carbons (Fsp3) is 0.579. The van der Waals surface area contributed by atoms with Crippen molar-refractivity contribution in [3.05, 3.63) is 21.4 Å². The molecular weight excluding hydrogens is 332 g/mol.